The maximum atomic E-state index is 13.6. The molecule has 3 aromatic carbocycles. The van der Waals surface area contributed by atoms with Gasteiger partial charge in [0.15, 0.2) is 0 Å². The maximum Gasteiger partial charge on any atom is 0.345 e. The summed E-state index contributed by atoms with van der Waals surface area (Å²) in [7, 11) is 2.75. The van der Waals surface area contributed by atoms with Crippen molar-refractivity contribution >= 4 is 37.0 Å². The molecule has 1 unspecified atom stereocenters. The molecule has 32 heavy (non-hydrogen) atoms. The van der Waals surface area contributed by atoms with Crippen LogP contribution in [0.5, 0.6) is 5.75 Å². The molecule has 164 valence electrons. The fraction of sp³-hybridized carbons (Fsp3) is 0.286. The molecule has 4 rings (SSSR count). The van der Waals surface area contributed by atoms with Crippen molar-refractivity contribution in [3.8, 4) is 5.75 Å². The number of pyridine rings is 1. The monoisotopic (exact) mass is 444 g/mol. The van der Waals surface area contributed by atoms with Gasteiger partial charge in [0, 0.05) is 18.6 Å². The Morgan fingerprint density at radius 2 is 1.47 bits per heavy atom. The number of unbranched alkanes of at least 4 members (excludes halogenated alkanes) is 2. The molecule has 1 aromatic heterocycles. The minimum atomic E-state index is -0.303. The molecule has 0 radical (unpaired) electrons. The van der Waals surface area contributed by atoms with E-state index < -0.39 is 0 Å². The number of aryl methyl sites for hydroxylation is 3. The Morgan fingerprint density at radius 3 is 2.00 bits per heavy atom. The lowest BCUT2D eigenvalue weighted by atomic mass is 10.0. The second-order valence-corrected chi connectivity index (χ2v) is 8.83. The second-order valence-electron chi connectivity index (χ2n) is 8.42. The number of carbonyl (C=O) groups excluding carboxylic acids is 1. The normalized spacial score (nSPS) is 11.2. The lowest BCUT2D eigenvalue weighted by Gasteiger charge is -2.15. The van der Waals surface area contributed by atoms with E-state index >= 15 is 0 Å². The van der Waals surface area contributed by atoms with E-state index in [4.69, 9.17) is 4.74 Å². The molecule has 0 saturated carbocycles. The van der Waals surface area contributed by atoms with Crippen molar-refractivity contribution in [3.05, 3.63) is 82.9 Å². The summed E-state index contributed by atoms with van der Waals surface area (Å²) in [5.41, 5.74) is 5.96. The van der Waals surface area contributed by atoms with Gasteiger partial charge in [0.05, 0.1) is 16.3 Å². The van der Waals surface area contributed by atoms with Crippen LogP contribution in [0.2, 0.25) is 0 Å². The number of benzene rings is 3. The average molecular weight is 445 g/mol. The Morgan fingerprint density at radius 1 is 0.906 bits per heavy atom. The number of hydrogen-bond donors (Lipinski definition) is 0. The van der Waals surface area contributed by atoms with Gasteiger partial charge in [-0.25, -0.2) is 4.79 Å². The lowest BCUT2D eigenvalue weighted by Crippen LogP contribution is -2.36. The quantitative estimate of drug-likeness (QED) is 0.0795. The molecule has 0 bridgehead atoms. The first kappa shape index (κ1) is 22.4. The molecule has 0 N–H and O–H groups in total. The van der Waals surface area contributed by atoms with Crippen LogP contribution in [0.1, 0.15) is 53.2 Å². The summed E-state index contributed by atoms with van der Waals surface area (Å²) < 4.78 is 8.41. The zero-order chi connectivity index (χ0) is 22.7. The number of fused-ring (bicyclic) bond motifs is 2. The Bertz CT molecular complexity index is 1220. The van der Waals surface area contributed by atoms with Gasteiger partial charge in [-0.15, -0.1) is 9.24 Å². The van der Waals surface area contributed by atoms with E-state index in [0.717, 1.165) is 52.1 Å². The number of rotatable bonds is 7. The Labute approximate surface area is 192 Å². The van der Waals surface area contributed by atoms with Gasteiger partial charge in [0.1, 0.15) is 12.3 Å². The molecule has 0 amide bonds. The van der Waals surface area contributed by atoms with Crippen LogP contribution in [0.15, 0.2) is 60.7 Å². The first-order chi connectivity index (χ1) is 15.5. The minimum Gasteiger partial charge on any atom is -0.422 e. The highest BCUT2D eigenvalue weighted by molar-refractivity contribution is 7.15. The molecule has 0 saturated heterocycles. The zero-order valence-corrected chi connectivity index (χ0v) is 20.3. The van der Waals surface area contributed by atoms with Crippen LogP contribution in [-0.2, 0) is 12.7 Å². The summed E-state index contributed by atoms with van der Waals surface area (Å²) >= 11 is 0. The summed E-state index contributed by atoms with van der Waals surface area (Å²) in [6.07, 6.45) is 4.35. The fourth-order valence-corrected chi connectivity index (χ4v) is 4.79. The third-order valence-corrected chi connectivity index (χ3v) is 6.54. The first-order valence-electron chi connectivity index (χ1n) is 11.4. The zero-order valence-electron chi connectivity index (χ0n) is 19.2. The largest absolute Gasteiger partial charge is 0.422 e. The molecule has 4 heteroatoms. The Kier molecular flexibility index (Phi) is 6.86. The van der Waals surface area contributed by atoms with Gasteiger partial charge in [0.25, 0.3) is 0 Å². The van der Waals surface area contributed by atoms with Gasteiger partial charge in [-0.1, -0.05) is 49.7 Å². The molecule has 1 atom stereocenters. The van der Waals surface area contributed by atoms with E-state index in [9.17, 15) is 4.79 Å². The summed E-state index contributed by atoms with van der Waals surface area (Å²) in [5.74, 6) is 0.355. The van der Waals surface area contributed by atoms with Gasteiger partial charge in [-0.05, 0) is 55.3 Å². The Hall–Kier alpha value is -2.77. The number of aromatic nitrogens is 1. The van der Waals surface area contributed by atoms with Crippen LogP contribution in [0.3, 0.4) is 0 Å². The molecule has 0 fully saturated rings. The van der Waals surface area contributed by atoms with Crippen molar-refractivity contribution in [2.24, 2.45) is 0 Å². The van der Waals surface area contributed by atoms with Crippen LogP contribution >= 0.6 is 9.24 Å². The maximum absolute atomic E-state index is 13.6. The molecular weight excluding hydrogens is 413 g/mol. The Balaban J connectivity index is 1.87. The highest BCUT2D eigenvalue weighted by Gasteiger charge is 2.25. The van der Waals surface area contributed by atoms with E-state index in [2.05, 4.69) is 45.0 Å². The number of esters is 1. The summed E-state index contributed by atoms with van der Waals surface area (Å²) in [4.78, 5) is 13.6. The van der Waals surface area contributed by atoms with E-state index in [-0.39, 0.29) is 5.97 Å². The van der Waals surface area contributed by atoms with E-state index in [0.29, 0.717) is 11.3 Å². The van der Waals surface area contributed by atoms with Crippen molar-refractivity contribution in [2.75, 3.05) is 0 Å². The van der Waals surface area contributed by atoms with Crippen LogP contribution in [0.25, 0.3) is 21.8 Å². The molecule has 0 aliphatic rings. The third kappa shape index (κ3) is 4.27. The predicted molar refractivity (Wildman–Crippen MR) is 135 cm³/mol. The highest BCUT2D eigenvalue weighted by Crippen LogP contribution is 2.30. The summed E-state index contributed by atoms with van der Waals surface area (Å²) in [6.45, 7) is 7.15. The average Bonchev–Trinajstić information content (AvgIpc) is 2.80. The predicted octanol–water partition coefficient (Wildman–Crippen LogP) is 6.68. The van der Waals surface area contributed by atoms with Gasteiger partial charge in [-0.2, -0.15) is 4.57 Å². The van der Waals surface area contributed by atoms with Crippen molar-refractivity contribution < 1.29 is 14.1 Å². The van der Waals surface area contributed by atoms with Crippen LogP contribution < -0.4 is 9.30 Å². The smallest absolute Gasteiger partial charge is 0.345 e. The van der Waals surface area contributed by atoms with Crippen LogP contribution in [-0.4, -0.2) is 5.97 Å². The van der Waals surface area contributed by atoms with Gasteiger partial charge in [-0.3, -0.25) is 0 Å². The molecule has 0 aliphatic carbocycles. The van der Waals surface area contributed by atoms with Gasteiger partial charge in [0.2, 0.25) is 11.0 Å². The number of nitrogens with zero attached hydrogens (tertiary/aromatic N) is 1. The number of hydrogen-bond acceptors (Lipinski definition) is 2. The number of ether oxygens (including phenoxy) is 1. The van der Waals surface area contributed by atoms with Crippen LogP contribution in [0, 0.1) is 13.8 Å². The second kappa shape index (κ2) is 9.79. The molecule has 0 aliphatic heterocycles. The minimum absolute atomic E-state index is 0.303. The fourth-order valence-electron chi connectivity index (χ4n) is 4.56. The standard InChI is InChI=1S/C28H31NO2P/c1-4-5-10-15-29-24-13-8-6-11-22(24)26(23-12-7-9-14-25(23)29)28(30)31-27-19(2)16-21(18-32)17-20(27)3/h6-9,11-14,16-17H,4-5,10,15,18,32H2,1-3H3/q+1. The molecule has 3 nitrogen and oxygen atoms in total. The van der Waals surface area contributed by atoms with E-state index in [1.54, 1.807) is 0 Å². The lowest BCUT2D eigenvalue weighted by molar-refractivity contribution is -0.645. The third-order valence-electron chi connectivity index (χ3n) is 6.07. The van der Waals surface area contributed by atoms with Crippen molar-refractivity contribution in [2.45, 2.75) is 52.7 Å². The number of carbonyl (C=O) groups is 1. The van der Waals surface area contributed by atoms with Crippen molar-refractivity contribution in [3.63, 3.8) is 0 Å². The van der Waals surface area contributed by atoms with Gasteiger partial charge >= 0.3 is 5.97 Å². The molecular formula is C28H31NO2P+. The molecule has 4 aromatic rings. The van der Waals surface area contributed by atoms with Gasteiger partial charge < -0.3 is 4.74 Å². The van der Waals surface area contributed by atoms with Crippen LogP contribution in [0.4, 0.5) is 0 Å². The van der Waals surface area contributed by atoms with Crippen molar-refractivity contribution in [1.29, 1.82) is 0 Å². The SMILES string of the molecule is CCCCC[n+]1c2ccccc2c(C(=O)Oc2c(C)cc(CP)cc2C)c2ccccc21. The summed E-state index contributed by atoms with van der Waals surface area (Å²) in [6, 6.07) is 20.5. The topological polar surface area (TPSA) is 30.2 Å². The summed E-state index contributed by atoms with van der Waals surface area (Å²) in [5, 5.41) is 1.87. The van der Waals surface area contributed by atoms with E-state index in [1.807, 2.05) is 50.2 Å². The number of para-hydroxylation sites is 2. The van der Waals surface area contributed by atoms with E-state index in [1.165, 1.54) is 18.4 Å². The first-order valence-corrected chi connectivity index (χ1v) is 12.2. The highest BCUT2D eigenvalue weighted by atomic mass is 31.0. The molecule has 0 spiro atoms. The molecule has 1 heterocycles. The van der Waals surface area contributed by atoms with Crippen molar-refractivity contribution in [1.82, 2.24) is 0 Å².